The Labute approximate surface area is 174 Å². The van der Waals surface area contributed by atoms with Gasteiger partial charge in [0.1, 0.15) is 11.6 Å². The number of carbonyl (C=O) groups is 1. The van der Waals surface area contributed by atoms with E-state index in [1.54, 1.807) is 35.8 Å². The van der Waals surface area contributed by atoms with Gasteiger partial charge in [0.15, 0.2) is 0 Å². The van der Waals surface area contributed by atoms with Crippen LogP contribution in [0.15, 0.2) is 53.1 Å². The second-order valence-corrected chi connectivity index (χ2v) is 6.80. The monoisotopic (exact) mass is 430 g/mol. The van der Waals surface area contributed by atoms with Crippen molar-refractivity contribution in [1.29, 1.82) is 0 Å². The Bertz CT molecular complexity index is 1260. The fourth-order valence-corrected chi connectivity index (χ4v) is 3.12. The van der Waals surface area contributed by atoms with E-state index in [2.05, 4.69) is 15.4 Å². The van der Waals surface area contributed by atoms with Crippen LogP contribution in [0.25, 0.3) is 17.2 Å². The number of nitrogens with zero attached hydrogens (tertiary/aromatic N) is 3. The first-order chi connectivity index (χ1) is 14.7. The number of nitrogens with one attached hydrogen (secondary N) is 1. The molecule has 160 valence electrons. The van der Waals surface area contributed by atoms with E-state index in [1.807, 2.05) is 0 Å². The zero-order valence-electron chi connectivity index (χ0n) is 16.5. The molecule has 0 saturated heterocycles. The summed E-state index contributed by atoms with van der Waals surface area (Å²) in [5.74, 6) is 0.940. The molecule has 0 unspecified atom stereocenters. The summed E-state index contributed by atoms with van der Waals surface area (Å²) in [7, 11) is 1.47. The van der Waals surface area contributed by atoms with Crippen LogP contribution >= 0.6 is 0 Å². The summed E-state index contributed by atoms with van der Waals surface area (Å²) in [6.07, 6.45) is -3.11. The molecule has 4 rings (SSSR count). The van der Waals surface area contributed by atoms with Gasteiger partial charge in [-0.05, 0) is 30.7 Å². The number of methoxy groups -OCH3 is 1. The van der Waals surface area contributed by atoms with E-state index in [1.165, 1.54) is 19.2 Å². The van der Waals surface area contributed by atoms with Gasteiger partial charge in [-0.3, -0.25) is 4.79 Å². The molecule has 7 nitrogen and oxygen atoms in total. The molecule has 1 amide bonds. The van der Waals surface area contributed by atoms with Crippen molar-refractivity contribution in [2.45, 2.75) is 19.5 Å². The van der Waals surface area contributed by atoms with Gasteiger partial charge in [0.25, 0.3) is 0 Å². The number of aryl methyl sites for hydroxylation is 1. The summed E-state index contributed by atoms with van der Waals surface area (Å²) in [5, 5.41) is 7.02. The predicted molar refractivity (Wildman–Crippen MR) is 106 cm³/mol. The molecule has 0 saturated carbocycles. The van der Waals surface area contributed by atoms with Gasteiger partial charge >= 0.3 is 6.18 Å². The van der Waals surface area contributed by atoms with Crippen LogP contribution in [0.3, 0.4) is 0 Å². The molecule has 31 heavy (non-hydrogen) atoms. The van der Waals surface area contributed by atoms with Crippen LogP contribution in [-0.2, 0) is 17.4 Å². The SMILES string of the molecule is COc1cc(NC(=O)Cc2cccc(C(F)(F)F)c2)ccc1-c1nn2c(C)ncc2o1. The first-order valence-electron chi connectivity index (χ1n) is 9.20. The van der Waals surface area contributed by atoms with Crippen LogP contribution in [0.1, 0.15) is 17.0 Å². The Morgan fingerprint density at radius 3 is 2.74 bits per heavy atom. The van der Waals surface area contributed by atoms with Crippen molar-refractivity contribution in [2.24, 2.45) is 0 Å². The van der Waals surface area contributed by atoms with Crippen LogP contribution in [0.2, 0.25) is 0 Å². The fraction of sp³-hybridized carbons (Fsp3) is 0.190. The first-order valence-corrected chi connectivity index (χ1v) is 9.20. The van der Waals surface area contributed by atoms with Crippen molar-refractivity contribution in [2.75, 3.05) is 12.4 Å². The summed E-state index contributed by atoms with van der Waals surface area (Å²) in [4.78, 5) is 16.4. The molecule has 0 aliphatic rings. The zero-order chi connectivity index (χ0) is 22.2. The van der Waals surface area contributed by atoms with Crippen molar-refractivity contribution < 1.29 is 27.1 Å². The number of ether oxygens (including phenoxy) is 1. The second-order valence-electron chi connectivity index (χ2n) is 6.80. The van der Waals surface area contributed by atoms with E-state index in [9.17, 15) is 18.0 Å². The smallest absolute Gasteiger partial charge is 0.416 e. The number of imidazole rings is 1. The molecule has 0 atom stereocenters. The highest BCUT2D eigenvalue weighted by Gasteiger charge is 2.30. The maximum atomic E-state index is 12.9. The number of carbonyl (C=O) groups excluding carboxylic acids is 1. The van der Waals surface area contributed by atoms with Gasteiger partial charge in [-0.25, -0.2) is 4.98 Å². The molecule has 0 bridgehead atoms. The maximum Gasteiger partial charge on any atom is 0.416 e. The second kappa shape index (κ2) is 7.78. The number of aromatic nitrogens is 3. The number of benzene rings is 2. The van der Waals surface area contributed by atoms with Crippen LogP contribution in [-0.4, -0.2) is 27.6 Å². The highest BCUT2D eigenvalue weighted by Crippen LogP contribution is 2.33. The number of anilines is 1. The van der Waals surface area contributed by atoms with Gasteiger partial charge in [0.2, 0.25) is 17.5 Å². The molecule has 2 aromatic heterocycles. The van der Waals surface area contributed by atoms with E-state index in [4.69, 9.17) is 9.15 Å². The molecule has 0 aliphatic heterocycles. The average Bonchev–Trinajstić information content (AvgIpc) is 3.29. The Morgan fingerprint density at radius 1 is 1.23 bits per heavy atom. The lowest BCUT2D eigenvalue weighted by molar-refractivity contribution is -0.137. The molecule has 0 fully saturated rings. The minimum absolute atomic E-state index is 0.203. The topological polar surface area (TPSA) is 81.7 Å². The molecule has 0 aliphatic carbocycles. The molecule has 0 radical (unpaired) electrons. The van der Waals surface area contributed by atoms with Crippen molar-refractivity contribution in [1.82, 2.24) is 14.6 Å². The van der Waals surface area contributed by atoms with Gasteiger partial charge in [0, 0.05) is 11.8 Å². The Morgan fingerprint density at radius 2 is 2.03 bits per heavy atom. The van der Waals surface area contributed by atoms with E-state index in [0.29, 0.717) is 34.4 Å². The highest BCUT2D eigenvalue weighted by molar-refractivity contribution is 5.93. The van der Waals surface area contributed by atoms with E-state index >= 15 is 0 Å². The standard InChI is InChI=1S/C21H17F3N4O3/c1-12-25-11-19-28(12)27-20(31-19)16-7-6-15(10-17(16)30-2)26-18(29)9-13-4-3-5-14(8-13)21(22,23)24/h3-8,10-11H,9H2,1-2H3,(H,26,29). The number of halogens is 3. The molecule has 10 heteroatoms. The first kappa shape index (κ1) is 20.5. The third kappa shape index (κ3) is 4.23. The van der Waals surface area contributed by atoms with E-state index < -0.39 is 17.6 Å². The van der Waals surface area contributed by atoms with Crippen molar-refractivity contribution in [3.05, 3.63) is 65.6 Å². The largest absolute Gasteiger partial charge is 0.496 e. The number of amides is 1. The van der Waals surface area contributed by atoms with Crippen molar-refractivity contribution in [3.8, 4) is 17.2 Å². The molecular formula is C21H17F3N4O3. The Kier molecular flexibility index (Phi) is 5.14. The lowest BCUT2D eigenvalue weighted by Gasteiger charge is -2.11. The number of fused-ring (bicyclic) bond motifs is 1. The minimum Gasteiger partial charge on any atom is -0.496 e. The number of alkyl halides is 3. The van der Waals surface area contributed by atoms with Gasteiger partial charge in [-0.15, -0.1) is 5.10 Å². The summed E-state index contributed by atoms with van der Waals surface area (Å²) in [6.45, 7) is 1.79. The third-order valence-electron chi connectivity index (χ3n) is 4.60. The van der Waals surface area contributed by atoms with E-state index in [-0.39, 0.29) is 12.0 Å². The maximum absolute atomic E-state index is 12.9. The molecule has 2 aromatic carbocycles. The summed E-state index contributed by atoms with van der Waals surface area (Å²) in [5.41, 5.74) is 0.940. The summed E-state index contributed by atoms with van der Waals surface area (Å²) >= 11 is 0. The minimum atomic E-state index is -4.46. The van der Waals surface area contributed by atoms with Gasteiger partial charge in [0.05, 0.1) is 30.9 Å². The normalized spacial score (nSPS) is 11.6. The molecule has 2 heterocycles. The fourth-order valence-electron chi connectivity index (χ4n) is 3.12. The molecule has 4 aromatic rings. The van der Waals surface area contributed by atoms with Crippen LogP contribution in [0.4, 0.5) is 18.9 Å². The predicted octanol–water partition coefficient (Wildman–Crippen LogP) is 4.51. The zero-order valence-corrected chi connectivity index (χ0v) is 16.5. The van der Waals surface area contributed by atoms with Crippen LogP contribution in [0, 0.1) is 6.92 Å². The summed E-state index contributed by atoms with van der Waals surface area (Å²) in [6, 6.07) is 9.57. The Balaban J connectivity index is 1.52. The Hall–Kier alpha value is -3.82. The highest BCUT2D eigenvalue weighted by atomic mass is 19.4. The molecular weight excluding hydrogens is 413 g/mol. The quantitative estimate of drug-likeness (QED) is 0.504. The molecule has 1 N–H and O–H groups in total. The average molecular weight is 430 g/mol. The third-order valence-corrected chi connectivity index (χ3v) is 4.60. The van der Waals surface area contributed by atoms with E-state index in [0.717, 1.165) is 12.1 Å². The summed E-state index contributed by atoms with van der Waals surface area (Å²) < 4.78 is 51.2. The van der Waals surface area contributed by atoms with Gasteiger partial charge in [-0.1, -0.05) is 18.2 Å². The lowest BCUT2D eigenvalue weighted by Crippen LogP contribution is -2.15. The van der Waals surface area contributed by atoms with Crippen molar-refractivity contribution >= 4 is 17.3 Å². The van der Waals surface area contributed by atoms with Gasteiger partial charge in [-0.2, -0.15) is 17.7 Å². The van der Waals surface area contributed by atoms with Crippen molar-refractivity contribution in [3.63, 3.8) is 0 Å². The number of hydrogen-bond donors (Lipinski definition) is 1. The van der Waals surface area contributed by atoms with Crippen LogP contribution in [0.5, 0.6) is 5.75 Å². The van der Waals surface area contributed by atoms with Gasteiger partial charge < -0.3 is 14.5 Å². The number of hydrogen-bond acceptors (Lipinski definition) is 5. The number of rotatable bonds is 5. The lowest BCUT2D eigenvalue weighted by atomic mass is 10.1. The van der Waals surface area contributed by atoms with Crippen LogP contribution < -0.4 is 10.1 Å². The molecule has 0 spiro atoms.